The molecule has 1 aromatic heterocycles. The molecular formula is C10H13N3O6. The Morgan fingerprint density at radius 1 is 1.42 bits per heavy atom. The summed E-state index contributed by atoms with van der Waals surface area (Å²) < 4.78 is 4.78. The van der Waals surface area contributed by atoms with Crippen molar-refractivity contribution in [1.29, 1.82) is 0 Å². The summed E-state index contributed by atoms with van der Waals surface area (Å²) in [5.74, 6) is -2.17. The van der Waals surface area contributed by atoms with E-state index in [9.17, 15) is 14.4 Å². The lowest BCUT2D eigenvalue weighted by molar-refractivity contribution is -0.145. The predicted molar refractivity (Wildman–Crippen MR) is 60.3 cm³/mol. The lowest BCUT2D eigenvalue weighted by atomic mass is 10.2. The number of carbonyl (C=O) groups excluding carboxylic acids is 1. The number of aliphatic carboxylic acids is 2. The summed E-state index contributed by atoms with van der Waals surface area (Å²) in [4.78, 5) is 32.5. The number of carboxylic acid groups (broad SMARTS) is 2. The molecule has 0 aliphatic heterocycles. The normalized spacial score (nSPS) is 11.6. The van der Waals surface area contributed by atoms with Gasteiger partial charge in [-0.3, -0.25) is 4.79 Å². The summed E-state index contributed by atoms with van der Waals surface area (Å²) in [6.45, 7) is 1.73. The molecule has 0 spiro atoms. The molecule has 2 amide bonds. The first kappa shape index (κ1) is 14.5. The number of rotatable bonds is 6. The predicted octanol–water partition coefficient (Wildman–Crippen LogP) is -0.290. The van der Waals surface area contributed by atoms with Crippen LogP contribution in [0, 0.1) is 6.92 Å². The van der Waals surface area contributed by atoms with Crippen LogP contribution >= 0.6 is 0 Å². The summed E-state index contributed by atoms with van der Waals surface area (Å²) in [6, 6.07) is -0.683. The first-order valence-electron chi connectivity index (χ1n) is 5.29. The Bertz CT molecular complexity index is 483. The molecule has 4 N–H and O–H groups in total. The van der Waals surface area contributed by atoms with Crippen LogP contribution in [-0.2, 0) is 16.1 Å². The van der Waals surface area contributed by atoms with E-state index in [1.54, 1.807) is 13.0 Å². The quantitative estimate of drug-likeness (QED) is 0.556. The summed E-state index contributed by atoms with van der Waals surface area (Å²) in [5.41, 5.74) is 0.470. The number of aromatic nitrogens is 1. The first-order chi connectivity index (χ1) is 8.88. The second kappa shape index (κ2) is 6.38. The average Bonchev–Trinajstić information content (AvgIpc) is 2.71. The van der Waals surface area contributed by atoms with E-state index in [2.05, 4.69) is 10.5 Å². The van der Waals surface area contributed by atoms with Gasteiger partial charge in [-0.25, -0.2) is 9.59 Å². The van der Waals surface area contributed by atoms with Gasteiger partial charge in [0, 0.05) is 6.07 Å². The van der Waals surface area contributed by atoms with Crippen molar-refractivity contribution in [3.63, 3.8) is 0 Å². The second-order valence-corrected chi connectivity index (χ2v) is 3.74. The van der Waals surface area contributed by atoms with Crippen LogP contribution in [0.4, 0.5) is 4.79 Å². The van der Waals surface area contributed by atoms with Gasteiger partial charge in [0.15, 0.2) is 0 Å². The highest BCUT2D eigenvalue weighted by molar-refractivity contribution is 5.86. The molecule has 0 radical (unpaired) electrons. The number of urea groups is 1. The Labute approximate surface area is 107 Å². The Balaban J connectivity index is 2.44. The third kappa shape index (κ3) is 5.06. The van der Waals surface area contributed by atoms with Gasteiger partial charge in [0.25, 0.3) is 0 Å². The molecule has 104 valence electrons. The number of nitrogens with zero attached hydrogens (tertiary/aromatic N) is 1. The molecule has 19 heavy (non-hydrogen) atoms. The van der Waals surface area contributed by atoms with Crippen LogP contribution in [0.15, 0.2) is 10.6 Å². The second-order valence-electron chi connectivity index (χ2n) is 3.74. The molecule has 1 heterocycles. The van der Waals surface area contributed by atoms with Crippen molar-refractivity contribution in [1.82, 2.24) is 15.8 Å². The van der Waals surface area contributed by atoms with Gasteiger partial charge < -0.3 is 25.4 Å². The number of aryl methyl sites for hydroxylation is 1. The van der Waals surface area contributed by atoms with Crippen LogP contribution in [0.5, 0.6) is 0 Å². The zero-order chi connectivity index (χ0) is 14.4. The van der Waals surface area contributed by atoms with Gasteiger partial charge in [0.1, 0.15) is 17.5 Å². The Morgan fingerprint density at radius 2 is 2.11 bits per heavy atom. The highest BCUT2D eigenvalue weighted by Gasteiger charge is 2.22. The van der Waals surface area contributed by atoms with Crippen LogP contribution in [0.2, 0.25) is 0 Å². The van der Waals surface area contributed by atoms with Crippen molar-refractivity contribution in [2.45, 2.75) is 25.9 Å². The summed E-state index contributed by atoms with van der Waals surface area (Å²) >= 11 is 0. The largest absolute Gasteiger partial charge is 0.481 e. The van der Waals surface area contributed by atoms with Crippen LogP contribution < -0.4 is 10.6 Å². The molecule has 9 nitrogen and oxygen atoms in total. The molecule has 9 heteroatoms. The van der Waals surface area contributed by atoms with E-state index in [0.717, 1.165) is 0 Å². The van der Waals surface area contributed by atoms with Crippen molar-refractivity contribution in [2.75, 3.05) is 0 Å². The maximum atomic E-state index is 11.4. The lowest BCUT2D eigenvalue weighted by Crippen LogP contribution is -2.46. The minimum Gasteiger partial charge on any atom is -0.481 e. The molecule has 0 aliphatic carbocycles. The van der Waals surface area contributed by atoms with Crippen molar-refractivity contribution >= 4 is 18.0 Å². The number of carbonyl (C=O) groups is 3. The van der Waals surface area contributed by atoms with Gasteiger partial charge in [-0.15, -0.1) is 0 Å². The summed E-state index contributed by atoms with van der Waals surface area (Å²) in [6.07, 6.45) is -0.703. The molecule has 1 unspecified atom stereocenters. The standard InChI is InChI=1S/C10H13N3O6/c1-5-2-6(13-19-5)4-11-10(18)12-7(9(16)17)3-8(14)15/h2,7H,3-4H2,1H3,(H,14,15)(H,16,17)(H2,11,12,18). The molecular weight excluding hydrogens is 258 g/mol. The van der Waals surface area contributed by atoms with E-state index in [-0.39, 0.29) is 6.54 Å². The van der Waals surface area contributed by atoms with Gasteiger partial charge in [-0.1, -0.05) is 5.16 Å². The molecule has 1 atom stereocenters. The number of hydrogen-bond acceptors (Lipinski definition) is 5. The van der Waals surface area contributed by atoms with Crippen molar-refractivity contribution < 1.29 is 29.1 Å². The molecule has 1 aromatic rings. The molecule has 0 fully saturated rings. The SMILES string of the molecule is Cc1cc(CNC(=O)NC(CC(=O)O)C(=O)O)no1. The van der Waals surface area contributed by atoms with Crippen molar-refractivity contribution in [3.05, 3.63) is 17.5 Å². The molecule has 1 rings (SSSR count). The van der Waals surface area contributed by atoms with E-state index in [0.29, 0.717) is 11.5 Å². The molecule has 0 saturated carbocycles. The van der Waals surface area contributed by atoms with Gasteiger partial charge in [0.05, 0.1) is 13.0 Å². The number of carboxylic acids is 2. The fourth-order valence-electron chi connectivity index (χ4n) is 1.26. The minimum atomic E-state index is -1.49. The Morgan fingerprint density at radius 3 is 2.58 bits per heavy atom. The van der Waals surface area contributed by atoms with Gasteiger partial charge in [-0.2, -0.15) is 0 Å². The van der Waals surface area contributed by atoms with Crippen molar-refractivity contribution in [3.8, 4) is 0 Å². The van der Waals surface area contributed by atoms with E-state index >= 15 is 0 Å². The van der Waals surface area contributed by atoms with Crippen LogP contribution in [0.3, 0.4) is 0 Å². The minimum absolute atomic E-state index is 0.0442. The maximum absolute atomic E-state index is 11.4. The molecule has 0 aliphatic rings. The summed E-state index contributed by atoms with van der Waals surface area (Å²) in [5, 5.41) is 25.2. The maximum Gasteiger partial charge on any atom is 0.326 e. The van der Waals surface area contributed by atoms with Crippen LogP contribution in [0.25, 0.3) is 0 Å². The van der Waals surface area contributed by atoms with Crippen LogP contribution in [0.1, 0.15) is 17.9 Å². The van der Waals surface area contributed by atoms with Gasteiger partial charge in [0.2, 0.25) is 0 Å². The van der Waals surface area contributed by atoms with Crippen LogP contribution in [-0.4, -0.2) is 39.4 Å². The average molecular weight is 271 g/mol. The highest BCUT2D eigenvalue weighted by atomic mass is 16.5. The fourth-order valence-corrected chi connectivity index (χ4v) is 1.26. The Kier molecular flexibility index (Phi) is 4.86. The Hall–Kier alpha value is -2.58. The number of hydrogen-bond donors (Lipinski definition) is 4. The number of nitrogens with one attached hydrogen (secondary N) is 2. The lowest BCUT2D eigenvalue weighted by Gasteiger charge is -2.12. The summed E-state index contributed by atoms with van der Waals surface area (Å²) in [7, 11) is 0. The van der Waals surface area contributed by atoms with E-state index < -0.39 is 30.4 Å². The topological polar surface area (TPSA) is 142 Å². The smallest absolute Gasteiger partial charge is 0.326 e. The molecule has 0 bridgehead atoms. The van der Waals surface area contributed by atoms with E-state index in [1.165, 1.54) is 0 Å². The third-order valence-electron chi connectivity index (χ3n) is 2.09. The zero-order valence-electron chi connectivity index (χ0n) is 10.0. The zero-order valence-corrected chi connectivity index (χ0v) is 10.0. The highest BCUT2D eigenvalue weighted by Crippen LogP contribution is 2.00. The van der Waals surface area contributed by atoms with Gasteiger partial charge in [-0.05, 0) is 6.92 Å². The fraction of sp³-hybridized carbons (Fsp3) is 0.400. The first-order valence-corrected chi connectivity index (χ1v) is 5.29. The third-order valence-corrected chi connectivity index (χ3v) is 2.09. The molecule has 0 saturated heterocycles. The monoisotopic (exact) mass is 271 g/mol. The number of amides is 2. The van der Waals surface area contributed by atoms with E-state index in [4.69, 9.17) is 14.7 Å². The van der Waals surface area contributed by atoms with E-state index in [1.807, 2.05) is 5.32 Å². The van der Waals surface area contributed by atoms with Gasteiger partial charge >= 0.3 is 18.0 Å². The van der Waals surface area contributed by atoms with Crippen molar-refractivity contribution in [2.24, 2.45) is 0 Å². The molecule has 0 aromatic carbocycles.